The highest BCUT2D eigenvalue weighted by molar-refractivity contribution is 6.06. The van der Waals surface area contributed by atoms with Crippen molar-refractivity contribution >= 4 is 11.6 Å². The van der Waals surface area contributed by atoms with Gasteiger partial charge >= 0.3 is 0 Å². The minimum Gasteiger partial charge on any atom is -0.311 e. The van der Waals surface area contributed by atoms with Gasteiger partial charge in [-0.15, -0.1) is 0 Å². The van der Waals surface area contributed by atoms with E-state index in [-0.39, 0.29) is 11.5 Å². The zero-order valence-corrected chi connectivity index (χ0v) is 12.0. The lowest BCUT2D eigenvalue weighted by Crippen LogP contribution is -2.27. The zero-order valence-electron chi connectivity index (χ0n) is 12.0. The van der Waals surface area contributed by atoms with Crippen LogP contribution in [0.4, 0.5) is 10.1 Å². The van der Waals surface area contributed by atoms with Crippen LogP contribution in [0.15, 0.2) is 42.5 Å². The van der Waals surface area contributed by atoms with Crippen molar-refractivity contribution in [2.75, 3.05) is 11.9 Å². The first kappa shape index (κ1) is 14.3. The molecule has 2 aromatic carbocycles. The molecule has 0 spiro atoms. The lowest BCUT2D eigenvalue weighted by Gasteiger charge is -2.18. The zero-order chi connectivity index (χ0) is 14.7. The molecule has 2 rings (SSSR count). The fourth-order valence-electron chi connectivity index (χ4n) is 2.06. The molecule has 0 unspecified atom stereocenters. The van der Waals surface area contributed by atoms with Crippen molar-refractivity contribution in [1.82, 2.24) is 0 Å². The van der Waals surface area contributed by atoms with Crippen molar-refractivity contribution in [3.63, 3.8) is 0 Å². The molecular weight excluding hydrogens is 253 g/mol. The molecule has 0 radical (unpaired) electrons. The summed E-state index contributed by atoms with van der Waals surface area (Å²) in [5.41, 5.74) is 2.93. The van der Waals surface area contributed by atoms with Gasteiger partial charge in [-0.3, -0.25) is 4.79 Å². The fraction of sp³-hybridized carbons (Fsp3) is 0.235. The predicted octanol–water partition coefficient (Wildman–Crippen LogP) is 3.97. The van der Waals surface area contributed by atoms with Crippen LogP contribution in [0.1, 0.15) is 28.4 Å². The van der Waals surface area contributed by atoms with Crippen LogP contribution in [-0.4, -0.2) is 13.0 Å². The number of nitrogens with zero attached hydrogens (tertiary/aromatic N) is 1. The Morgan fingerprint density at radius 2 is 1.80 bits per heavy atom. The summed E-state index contributed by atoms with van der Waals surface area (Å²) >= 11 is 0. The predicted molar refractivity (Wildman–Crippen MR) is 79.7 cm³/mol. The van der Waals surface area contributed by atoms with Gasteiger partial charge in [0.25, 0.3) is 5.91 Å². The molecule has 0 saturated heterocycles. The van der Waals surface area contributed by atoms with E-state index in [0.29, 0.717) is 0 Å². The van der Waals surface area contributed by atoms with Gasteiger partial charge in [0.15, 0.2) is 0 Å². The molecule has 0 atom stereocenters. The first-order valence-corrected chi connectivity index (χ1v) is 6.66. The van der Waals surface area contributed by atoms with Crippen molar-refractivity contribution in [2.24, 2.45) is 0 Å². The molecule has 20 heavy (non-hydrogen) atoms. The average molecular weight is 271 g/mol. The summed E-state index contributed by atoms with van der Waals surface area (Å²) < 4.78 is 13.8. The Labute approximate surface area is 118 Å². The lowest BCUT2D eigenvalue weighted by atomic mass is 10.1. The van der Waals surface area contributed by atoms with E-state index in [1.807, 2.05) is 31.2 Å². The first-order valence-electron chi connectivity index (χ1n) is 6.66. The van der Waals surface area contributed by atoms with E-state index in [4.69, 9.17) is 0 Å². The monoisotopic (exact) mass is 271 g/mol. The minimum atomic E-state index is -0.488. The Bertz CT molecular complexity index is 619. The van der Waals surface area contributed by atoms with E-state index in [0.717, 1.165) is 17.7 Å². The topological polar surface area (TPSA) is 20.3 Å². The van der Waals surface area contributed by atoms with E-state index in [1.165, 1.54) is 16.5 Å². The molecule has 2 nitrogen and oxygen atoms in total. The van der Waals surface area contributed by atoms with E-state index in [9.17, 15) is 9.18 Å². The number of benzene rings is 2. The van der Waals surface area contributed by atoms with Gasteiger partial charge in [0.1, 0.15) is 5.82 Å². The molecule has 0 aliphatic rings. The van der Waals surface area contributed by atoms with Crippen LogP contribution >= 0.6 is 0 Å². The minimum absolute atomic E-state index is 0.104. The number of carbonyl (C=O) groups is 1. The van der Waals surface area contributed by atoms with Gasteiger partial charge in [0.2, 0.25) is 0 Å². The summed E-state index contributed by atoms with van der Waals surface area (Å²) in [7, 11) is 1.66. The van der Waals surface area contributed by atoms with E-state index in [2.05, 4.69) is 6.92 Å². The average Bonchev–Trinajstić information content (AvgIpc) is 2.48. The molecule has 3 heteroatoms. The van der Waals surface area contributed by atoms with Gasteiger partial charge in [-0.2, -0.15) is 0 Å². The van der Waals surface area contributed by atoms with Crippen LogP contribution in [0.25, 0.3) is 0 Å². The number of rotatable bonds is 3. The molecule has 104 valence electrons. The van der Waals surface area contributed by atoms with E-state index >= 15 is 0 Å². The number of amides is 1. The standard InChI is InChI=1S/C17H18FNO/c1-4-13-6-8-14(9-7-13)19(3)17(20)15-11-12(2)5-10-16(15)18/h5-11H,4H2,1-3H3. The molecule has 0 aliphatic heterocycles. The molecule has 1 amide bonds. The smallest absolute Gasteiger partial charge is 0.260 e. The Morgan fingerprint density at radius 3 is 2.40 bits per heavy atom. The third-order valence-electron chi connectivity index (χ3n) is 3.39. The Balaban J connectivity index is 2.29. The largest absolute Gasteiger partial charge is 0.311 e. The van der Waals surface area contributed by atoms with Gasteiger partial charge in [-0.1, -0.05) is 30.7 Å². The second-order valence-electron chi connectivity index (χ2n) is 4.87. The number of anilines is 1. The van der Waals surface area contributed by atoms with E-state index < -0.39 is 5.82 Å². The summed E-state index contributed by atoms with van der Waals surface area (Å²) in [6.07, 6.45) is 0.949. The van der Waals surface area contributed by atoms with Crippen LogP contribution in [0.5, 0.6) is 0 Å². The van der Waals surface area contributed by atoms with Crippen LogP contribution in [-0.2, 0) is 6.42 Å². The maximum atomic E-state index is 13.8. The van der Waals surface area contributed by atoms with Gasteiger partial charge < -0.3 is 4.90 Å². The van der Waals surface area contributed by atoms with Gasteiger partial charge in [-0.05, 0) is 43.2 Å². The number of halogens is 1. The number of aryl methyl sites for hydroxylation is 2. The molecule has 2 aromatic rings. The summed E-state index contributed by atoms with van der Waals surface area (Å²) in [6.45, 7) is 3.91. The third-order valence-corrected chi connectivity index (χ3v) is 3.39. The van der Waals surface area contributed by atoms with Crippen molar-refractivity contribution in [3.8, 4) is 0 Å². The summed E-state index contributed by atoms with van der Waals surface area (Å²) in [5, 5.41) is 0. The molecule has 0 N–H and O–H groups in total. The highest BCUT2D eigenvalue weighted by atomic mass is 19.1. The number of hydrogen-bond donors (Lipinski definition) is 0. The quantitative estimate of drug-likeness (QED) is 0.827. The Morgan fingerprint density at radius 1 is 1.15 bits per heavy atom. The summed E-state index contributed by atoms with van der Waals surface area (Å²) in [5.74, 6) is -0.826. The van der Waals surface area contributed by atoms with Crippen molar-refractivity contribution in [3.05, 3.63) is 65.0 Å². The SMILES string of the molecule is CCc1ccc(N(C)C(=O)c2cc(C)ccc2F)cc1. The van der Waals surface area contributed by atoms with Crippen LogP contribution in [0, 0.1) is 12.7 Å². The highest BCUT2D eigenvalue weighted by Crippen LogP contribution is 2.19. The van der Waals surface area contributed by atoms with Crippen LogP contribution < -0.4 is 4.90 Å². The first-order chi connectivity index (χ1) is 9.52. The Kier molecular flexibility index (Phi) is 4.18. The third kappa shape index (κ3) is 2.87. The molecule has 0 aromatic heterocycles. The number of hydrogen-bond acceptors (Lipinski definition) is 1. The molecule has 0 bridgehead atoms. The molecule has 0 aliphatic carbocycles. The number of carbonyl (C=O) groups excluding carboxylic acids is 1. The summed E-state index contributed by atoms with van der Waals surface area (Å²) in [4.78, 5) is 13.8. The maximum absolute atomic E-state index is 13.8. The molecule has 0 heterocycles. The molecule has 0 fully saturated rings. The van der Waals surface area contributed by atoms with Gasteiger partial charge in [0.05, 0.1) is 5.56 Å². The molecule has 0 saturated carbocycles. The van der Waals surface area contributed by atoms with Crippen molar-refractivity contribution in [2.45, 2.75) is 20.3 Å². The van der Waals surface area contributed by atoms with Gasteiger partial charge in [-0.25, -0.2) is 4.39 Å². The van der Waals surface area contributed by atoms with E-state index in [1.54, 1.807) is 19.2 Å². The fourth-order valence-corrected chi connectivity index (χ4v) is 2.06. The van der Waals surface area contributed by atoms with Crippen molar-refractivity contribution < 1.29 is 9.18 Å². The van der Waals surface area contributed by atoms with Gasteiger partial charge in [0, 0.05) is 12.7 Å². The molecular formula is C17H18FNO. The van der Waals surface area contributed by atoms with Crippen LogP contribution in [0.3, 0.4) is 0 Å². The maximum Gasteiger partial charge on any atom is 0.260 e. The van der Waals surface area contributed by atoms with Crippen molar-refractivity contribution in [1.29, 1.82) is 0 Å². The lowest BCUT2D eigenvalue weighted by molar-refractivity contribution is 0.0989. The summed E-state index contributed by atoms with van der Waals surface area (Å²) in [6, 6.07) is 12.3. The second-order valence-corrected chi connectivity index (χ2v) is 4.87. The Hall–Kier alpha value is -2.16. The second kappa shape index (κ2) is 5.87. The normalized spacial score (nSPS) is 10.4. The van der Waals surface area contributed by atoms with Crippen LogP contribution in [0.2, 0.25) is 0 Å². The highest BCUT2D eigenvalue weighted by Gasteiger charge is 2.17.